The second-order valence-corrected chi connectivity index (χ2v) is 14.0. The Labute approximate surface area is 155 Å². The summed E-state index contributed by atoms with van der Waals surface area (Å²) in [7, 11) is -1.89. The van der Waals surface area contributed by atoms with Crippen LogP contribution in [0.1, 0.15) is 48.5 Å². The third-order valence-corrected chi connectivity index (χ3v) is 9.20. The summed E-state index contributed by atoms with van der Waals surface area (Å²) in [6.45, 7) is 20.6. The average Bonchev–Trinajstić information content (AvgIpc) is 2.29. The number of carbonyl (C=O) groups is 1. The van der Waals surface area contributed by atoms with E-state index < -0.39 is 13.9 Å². The van der Waals surface area contributed by atoms with Crippen LogP contribution in [0.4, 0.5) is 4.79 Å². The molecule has 5 nitrogen and oxygen atoms in total. The molecule has 1 rings (SSSR count). The molecule has 1 aliphatic heterocycles. The van der Waals surface area contributed by atoms with Gasteiger partial charge >= 0.3 is 6.09 Å². The van der Waals surface area contributed by atoms with Gasteiger partial charge in [0, 0.05) is 13.1 Å². The third kappa shape index (κ3) is 6.90. The molecule has 0 bridgehead atoms. The predicted molar refractivity (Wildman–Crippen MR) is 105 cm³/mol. The number of amides is 1. The number of halogens is 1. The minimum absolute atomic E-state index is 0. The van der Waals surface area contributed by atoms with Gasteiger partial charge in [-0.2, -0.15) is 0 Å². The van der Waals surface area contributed by atoms with E-state index in [-0.39, 0.29) is 35.7 Å². The van der Waals surface area contributed by atoms with Crippen molar-refractivity contribution in [3.8, 4) is 0 Å². The van der Waals surface area contributed by atoms with Crippen LogP contribution in [-0.4, -0.2) is 45.2 Å². The van der Waals surface area contributed by atoms with Crippen molar-refractivity contribution in [1.29, 1.82) is 0 Å². The second-order valence-electron chi connectivity index (χ2n) is 9.23. The zero-order chi connectivity index (χ0) is 18.1. The standard InChI is InChI=1S/C17H36N2O3Si.ClH/c1-12-10-18-11-13(19-15(20)21-16(2,3)4)14(12)22-23(8,9)17(5,6)7;/h12-14,18H,10-11H2,1-9H3,(H,19,20);1H/t12-,13+,14+;/m0./s1. The number of piperidine rings is 1. The highest BCUT2D eigenvalue weighted by Crippen LogP contribution is 2.38. The van der Waals surface area contributed by atoms with Crippen molar-refractivity contribution in [3.63, 3.8) is 0 Å². The first-order valence-electron chi connectivity index (χ1n) is 8.61. The zero-order valence-electron chi connectivity index (χ0n) is 16.8. The minimum atomic E-state index is -1.89. The van der Waals surface area contributed by atoms with Gasteiger partial charge < -0.3 is 19.8 Å². The van der Waals surface area contributed by atoms with Gasteiger partial charge in [-0.15, -0.1) is 12.4 Å². The maximum Gasteiger partial charge on any atom is 0.408 e. The molecule has 0 aromatic rings. The van der Waals surface area contributed by atoms with E-state index in [2.05, 4.69) is 51.4 Å². The Kier molecular flexibility index (Phi) is 8.28. The summed E-state index contributed by atoms with van der Waals surface area (Å²) in [6, 6.07) is -0.0669. The van der Waals surface area contributed by atoms with Crippen LogP contribution in [0, 0.1) is 5.92 Å². The topological polar surface area (TPSA) is 59.6 Å². The Balaban J connectivity index is 0.00000529. The van der Waals surface area contributed by atoms with Gasteiger partial charge in [-0.25, -0.2) is 4.79 Å². The van der Waals surface area contributed by atoms with E-state index in [0.717, 1.165) is 6.54 Å². The highest BCUT2D eigenvalue weighted by Gasteiger charge is 2.43. The Morgan fingerprint density at radius 1 is 1.12 bits per heavy atom. The van der Waals surface area contributed by atoms with Gasteiger partial charge in [0.2, 0.25) is 0 Å². The summed E-state index contributed by atoms with van der Waals surface area (Å²) in [5, 5.41) is 6.52. The molecular weight excluding hydrogens is 344 g/mol. The van der Waals surface area contributed by atoms with Gasteiger partial charge in [0.25, 0.3) is 0 Å². The Morgan fingerprint density at radius 2 is 1.67 bits per heavy atom. The van der Waals surface area contributed by atoms with E-state index in [1.807, 2.05) is 20.8 Å². The van der Waals surface area contributed by atoms with E-state index >= 15 is 0 Å². The lowest BCUT2D eigenvalue weighted by Crippen LogP contribution is -2.61. The molecule has 1 fully saturated rings. The van der Waals surface area contributed by atoms with Crippen LogP contribution < -0.4 is 10.6 Å². The summed E-state index contributed by atoms with van der Waals surface area (Å²) in [5.74, 6) is 0.345. The van der Waals surface area contributed by atoms with Gasteiger partial charge in [-0.3, -0.25) is 0 Å². The van der Waals surface area contributed by atoms with Crippen LogP contribution in [0.2, 0.25) is 18.1 Å². The molecule has 24 heavy (non-hydrogen) atoms. The average molecular weight is 381 g/mol. The summed E-state index contributed by atoms with van der Waals surface area (Å²) in [6.07, 6.45) is -0.355. The second kappa shape index (κ2) is 8.38. The molecule has 144 valence electrons. The van der Waals surface area contributed by atoms with Crippen LogP contribution in [0.3, 0.4) is 0 Å². The van der Waals surface area contributed by atoms with Crippen LogP contribution in [0.25, 0.3) is 0 Å². The summed E-state index contributed by atoms with van der Waals surface area (Å²) < 4.78 is 12.0. The molecule has 0 saturated carbocycles. The molecule has 1 heterocycles. The monoisotopic (exact) mass is 380 g/mol. The lowest BCUT2D eigenvalue weighted by molar-refractivity contribution is 0.0304. The molecule has 0 aromatic heterocycles. The minimum Gasteiger partial charge on any atom is -0.444 e. The molecule has 1 amide bonds. The number of carbonyl (C=O) groups excluding carboxylic acids is 1. The van der Waals surface area contributed by atoms with E-state index in [0.29, 0.717) is 12.5 Å². The molecule has 0 spiro atoms. The predicted octanol–water partition coefficient (Wildman–Crippen LogP) is 3.93. The fourth-order valence-corrected chi connectivity index (χ4v) is 3.83. The first-order valence-corrected chi connectivity index (χ1v) is 11.5. The summed E-state index contributed by atoms with van der Waals surface area (Å²) in [5.41, 5.74) is -0.492. The van der Waals surface area contributed by atoms with Crippen molar-refractivity contribution in [2.24, 2.45) is 5.92 Å². The molecule has 0 unspecified atom stereocenters. The molecule has 7 heteroatoms. The van der Waals surface area contributed by atoms with Crippen molar-refractivity contribution in [2.45, 2.75) is 84.3 Å². The molecule has 0 aliphatic carbocycles. The fourth-order valence-electron chi connectivity index (χ4n) is 2.40. The number of hydrogen-bond donors (Lipinski definition) is 2. The molecule has 0 radical (unpaired) electrons. The molecule has 2 N–H and O–H groups in total. The third-order valence-electron chi connectivity index (χ3n) is 4.73. The normalized spacial score (nSPS) is 25.6. The maximum atomic E-state index is 12.1. The number of alkyl carbamates (subject to hydrolysis) is 1. The first-order chi connectivity index (χ1) is 10.2. The molecule has 3 atom stereocenters. The molecular formula is C17H37ClN2O3Si. The van der Waals surface area contributed by atoms with Crippen LogP contribution in [0.5, 0.6) is 0 Å². The Hall–Kier alpha value is -0.303. The van der Waals surface area contributed by atoms with Crippen LogP contribution in [0.15, 0.2) is 0 Å². The summed E-state index contributed by atoms with van der Waals surface area (Å²) >= 11 is 0. The van der Waals surface area contributed by atoms with Crippen molar-refractivity contribution >= 4 is 26.8 Å². The van der Waals surface area contributed by atoms with Crippen LogP contribution in [-0.2, 0) is 9.16 Å². The molecule has 1 aliphatic rings. The van der Waals surface area contributed by atoms with Gasteiger partial charge in [0.05, 0.1) is 12.1 Å². The maximum absolute atomic E-state index is 12.1. The van der Waals surface area contributed by atoms with Crippen molar-refractivity contribution in [3.05, 3.63) is 0 Å². The first kappa shape index (κ1) is 23.7. The van der Waals surface area contributed by atoms with Gasteiger partial charge in [-0.05, 0) is 44.8 Å². The number of hydrogen-bond acceptors (Lipinski definition) is 4. The number of rotatable bonds is 3. The van der Waals surface area contributed by atoms with Gasteiger partial charge in [0.15, 0.2) is 8.32 Å². The van der Waals surface area contributed by atoms with Crippen molar-refractivity contribution in [1.82, 2.24) is 10.6 Å². The number of ether oxygens (including phenoxy) is 1. The molecule has 0 aromatic carbocycles. The lowest BCUT2D eigenvalue weighted by atomic mass is 9.94. The molecule has 1 saturated heterocycles. The summed E-state index contributed by atoms with van der Waals surface area (Å²) in [4.78, 5) is 12.1. The SMILES string of the molecule is C[C@H]1CNC[C@@H](NC(=O)OC(C)(C)C)[C@@H]1O[Si](C)(C)C(C)(C)C.Cl. The van der Waals surface area contributed by atoms with Gasteiger partial charge in [0.1, 0.15) is 5.60 Å². The number of nitrogens with one attached hydrogen (secondary N) is 2. The lowest BCUT2D eigenvalue weighted by Gasteiger charge is -2.45. The van der Waals surface area contributed by atoms with E-state index in [1.54, 1.807) is 0 Å². The Bertz CT molecular complexity index is 419. The van der Waals surface area contributed by atoms with Crippen LogP contribution >= 0.6 is 12.4 Å². The van der Waals surface area contributed by atoms with Crippen molar-refractivity contribution < 1.29 is 14.0 Å². The highest BCUT2D eigenvalue weighted by molar-refractivity contribution is 6.74. The van der Waals surface area contributed by atoms with Crippen molar-refractivity contribution in [2.75, 3.05) is 13.1 Å². The largest absolute Gasteiger partial charge is 0.444 e. The Morgan fingerprint density at radius 3 is 2.12 bits per heavy atom. The quantitative estimate of drug-likeness (QED) is 0.728. The van der Waals surface area contributed by atoms with E-state index in [9.17, 15) is 4.79 Å². The smallest absolute Gasteiger partial charge is 0.408 e. The zero-order valence-corrected chi connectivity index (χ0v) is 18.6. The highest BCUT2D eigenvalue weighted by atomic mass is 35.5. The van der Waals surface area contributed by atoms with E-state index in [4.69, 9.17) is 9.16 Å². The van der Waals surface area contributed by atoms with E-state index in [1.165, 1.54) is 0 Å². The fraction of sp³-hybridized carbons (Fsp3) is 0.941. The van der Waals surface area contributed by atoms with Gasteiger partial charge in [-0.1, -0.05) is 27.7 Å².